The molecule has 5 nitrogen and oxygen atoms in total. The van der Waals surface area contributed by atoms with Crippen LogP contribution in [0.25, 0.3) is 23.4 Å². The van der Waals surface area contributed by atoms with Crippen molar-refractivity contribution in [3.05, 3.63) is 70.7 Å². The van der Waals surface area contributed by atoms with Crippen LogP contribution in [0.5, 0.6) is 5.75 Å². The highest BCUT2D eigenvalue weighted by atomic mass is 19.1. The van der Waals surface area contributed by atoms with Crippen LogP contribution in [0.3, 0.4) is 0 Å². The van der Waals surface area contributed by atoms with E-state index in [1.807, 2.05) is 36.4 Å². The standard InChI is InChI=1S/C24H22FNO4/c1-29-18-9-10-20(25)19(14-18)24-23(17-7-8-17)21(30-26-24)11-5-15-3-2-4-16(13-15)6-12-22(27)28/h2-5,9-11,13-14,17H,6-8,12H2,1H3,(H,27,28)/b11-5+. The predicted octanol–water partition coefficient (Wildman–Crippen LogP) is 5.55. The van der Waals surface area contributed by atoms with Gasteiger partial charge in [-0.2, -0.15) is 0 Å². The summed E-state index contributed by atoms with van der Waals surface area (Å²) in [5, 5.41) is 13.0. The molecule has 1 saturated carbocycles. The minimum absolute atomic E-state index is 0.0938. The maximum Gasteiger partial charge on any atom is 0.303 e. The van der Waals surface area contributed by atoms with Gasteiger partial charge in [-0.3, -0.25) is 4.79 Å². The van der Waals surface area contributed by atoms with E-state index in [0.29, 0.717) is 35.1 Å². The Morgan fingerprint density at radius 1 is 1.27 bits per heavy atom. The summed E-state index contributed by atoms with van der Waals surface area (Å²) in [5.41, 5.74) is 3.70. The van der Waals surface area contributed by atoms with Gasteiger partial charge in [-0.1, -0.05) is 35.5 Å². The third kappa shape index (κ3) is 4.43. The highest BCUT2D eigenvalue weighted by Gasteiger charge is 2.33. The SMILES string of the molecule is COc1ccc(F)c(-c2noc(/C=C/c3cccc(CCC(=O)O)c3)c2C2CC2)c1. The molecule has 0 radical (unpaired) electrons. The second-order valence-corrected chi connectivity index (χ2v) is 7.40. The fourth-order valence-corrected chi connectivity index (χ4v) is 3.48. The van der Waals surface area contributed by atoms with Crippen molar-refractivity contribution in [2.24, 2.45) is 0 Å². The molecule has 154 valence electrons. The molecular formula is C24H22FNO4. The van der Waals surface area contributed by atoms with Crippen molar-refractivity contribution in [2.45, 2.75) is 31.6 Å². The first-order chi connectivity index (χ1) is 14.5. The van der Waals surface area contributed by atoms with E-state index in [2.05, 4.69) is 5.16 Å². The summed E-state index contributed by atoms with van der Waals surface area (Å²) in [6.07, 6.45) is 6.36. The third-order valence-corrected chi connectivity index (χ3v) is 5.18. The molecule has 1 aromatic heterocycles. The summed E-state index contributed by atoms with van der Waals surface area (Å²) in [4.78, 5) is 10.8. The number of aromatic nitrogens is 1. The molecular weight excluding hydrogens is 385 g/mol. The van der Waals surface area contributed by atoms with Gasteiger partial charge in [-0.25, -0.2) is 4.39 Å². The fraction of sp³-hybridized carbons (Fsp3) is 0.250. The average molecular weight is 407 g/mol. The van der Waals surface area contributed by atoms with Gasteiger partial charge in [0.05, 0.1) is 7.11 Å². The van der Waals surface area contributed by atoms with Gasteiger partial charge in [0.15, 0.2) is 5.76 Å². The molecule has 30 heavy (non-hydrogen) atoms. The number of rotatable bonds is 8. The largest absolute Gasteiger partial charge is 0.497 e. The first kappa shape index (κ1) is 19.9. The summed E-state index contributed by atoms with van der Waals surface area (Å²) in [7, 11) is 1.54. The van der Waals surface area contributed by atoms with Gasteiger partial charge >= 0.3 is 5.97 Å². The van der Waals surface area contributed by atoms with E-state index < -0.39 is 5.97 Å². The molecule has 3 aromatic rings. The molecule has 0 saturated heterocycles. The van der Waals surface area contributed by atoms with Crippen molar-refractivity contribution in [1.29, 1.82) is 0 Å². The van der Waals surface area contributed by atoms with Crippen molar-refractivity contribution in [1.82, 2.24) is 5.16 Å². The summed E-state index contributed by atoms with van der Waals surface area (Å²) < 4.78 is 25.3. The minimum atomic E-state index is -0.816. The number of nitrogens with zero attached hydrogens (tertiary/aromatic N) is 1. The van der Waals surface area contributed by atoms with E-state index in [1.54, 1.807) is 19.2 Å². The second-order valence-electron chi connectivity index (χ2n) is 7.40. The smallest absolute Gasteiger partial charge is 0.303 e. The predicted molar refractivity (Wildman–Crippen MR) is 112 cm³/mol. The van der Waals surface area contributed by atoms with E-state index >= 15 is 0 Å². The molecule has 1 heterocycles. The van der Waals surface area contributed by atoms with Crippen LogP contribution >= 0.6 is 0 Å². The first-order valence-electron chi connectivity index (χ1n) is 9.87. The molecule has 0 aliphatic heterocycles. The molecule has 0 bridgehead atoms. The van der Waals surface area contributed by atoms with E-state index in [1.165, 1.54) is 6.07 Å². The maximum atomic E-state index is 14.5. The van der Waals surface area contributed by atoms with Crippen LogP contribution in [0.15, 0.2) is 47.0 Å². The topological polar surface area (TPSA) is 72.6 Å². The molecule has 0 atom stereocenters. The maximum absolute atomic E-state index is 14.5. The minimum Gasteiger partial charge on any atom is -0.497 e. The van der Waals surface area contributed by atoms with Gasteiger partial charge in [0.2, 0.25) is 0 Å². The monoisotopic (exact) mass is 407 g/mol. The van der Waals surface area contributed by atoms with E-state index in [-0.39, 0.29) is 12.2 Å². The zero-order valence-corrected chi connectivity index (χ0v) is 16.6. The number of carbonyl (C=O) groups is 1. The van der Waals surface area contributed by atoms with Crippen molar-refractivity contribution in [3.63, 3.8) is 0 Å². The van der Waals surface area contributed by atoms with Gasteiger partial charge in [0, 0.05) is 17.5 Å². The number of aryl methyl sites for hydroxylation is 1. The van der Waals surface area contributed by atoms with Crippen LogP contribution in [-0.2, 0) is 11.2 Å². The summed E-state index contributed by atoms with van der Waals surface area (Å²) >= 11 is 0. The fourth-order valence-electron chi connectivity index (χ4n) is 3.48. The van der Waals surface area contributed by atoms with Crippen molar-refractivity contribution < 1.29 is 23.6 Å². The van der Waals surface area contributed by atoms with Crippen LogP contribution < -0.4 is 4.74 Å². The molecule has 1 aliphatic rings. The van der Waals surface area contributed by atoms with Crippen LogP contribution in [0.4, 0.5) is 4.39 Å². The molecule has 2 aromatic carbocycles. The van der Waals surface area contributed by atoms with Crippen LogP contribution in [0.2, 0.25) is 0 Å². The Bertz CT molecular complexity index is 1100. The number of ether oxygens (including phenoxy) is 1. The third-order valence-electron chi connectivity index (χ3n) is 5.18. The quantitative estimate of drug-likeness (QED) is 0.530. The van der Waals surface area contributed by atoms with Gasteiger partial charge in [0.25, 0.3) is 0 Å². The number of hydrogen-bond acceptors (Lipinski definition) is 4. The second kappa shape index (κ2) is 8.53. The molecule has 1 aliphatic carbocycles. The number of methoxy groups -OCH3 is 1. The summed E-state index contributed by atoms with van der Waals surface area (Å²) in [6.45, 7) is 0. The Hall–Kier alpha value is -3.41. The van der Waals surface area contributed by atoms with Crippen LogP contribution in [0.1, 0.15) is 47.6 Å². The van der Waals surface area contributed by atoms with Gasteiger partial charge in [0.1, 0.15) is 17.3 Å². The number of carboxylic acid groups (broad SMARTS) is 1. The molecule has 0 spiro atoms. The molecule has 1 N–H and O–H groups in total. The number of carboxylic acids is 1. The lowest BCUT2D eigenvalue weighted by molar-refractivity contribution is -0.136. The lowest BCUT2D eigenvalue weighted by Gasteiger charge is -2.05. The molecule has 0 unspecified atom stereocenters. The Labute approximate surface area is 173 Å². The molecule has 6 heteroatoms. The zero-order valence-electron chi connectivity index (χ0n) is 16.6. The summed E-state index contributed by atoms with van der Waals surface area (Å²) in [6, 6.07) is 12.3. The Morgan fingerprint density at radius 3 is 2.83 bits per heavy atom. The zero-order chi connectivity index (χ0) is 21.1. The number of hydrogen-bond donors (Lipinski definition) is 1. The lowest BCUT2D eigenvalue weighted by Crippen LogP contribution is -1.97. The normalized spacial score (nSPS) is 13.7. The highest BCUT2D eigenvalue weighted by molar-refractivity contribution is 5.75. The number of benzene rings is 2. The van der Waals surface area contributed by atoms with Gasteiger partial charge in [-0.05, 0) is 60.6 Å². The van der Waals surface area contributed by atoms with Crippen LogP contribution in [0, 0.1) is 5.82 Å². The Morgan fingerprint density at radius 2 is 2.10 bits per heavy atom. The molecule has 4 rings (SSSR count). The van der Waals surface area contributed by atoms with Gasteiger partial charge in [-0.15, -0.1) is 0 Å². The van der Waals surface area contributed by atoms with Gasteiger partial charge < -0.3 is 14.4 Å². The van der Waals surface area contributed by atoms with Crippen molar-refractivity contribution >= 4 is 18.1 Å². The van der Waals surface area contributed by atoms with E-state index in [9.17, 15) is 9.18 Å². The molecule has 0 amide bonds. The summed E-state index contributed by atoms with van der Waals surface area (Å²) in [5.74, 6) is 0.298. The van der Waals surface area contributed by atoms with E-state index in [0.717, 1.165) is 29.5 Å². The Kier molecular flexibility index (Phi) is 5.65. The number of halogens is 1. The molecule has 1 fully saturated rings. The van der Waals surface area contributed by atoms with Crippen molar-refractivity contribution in [2.75, 3.05) is 7.11 Å². The highest BCUT2D eigenvalue weighted by Crippen LogP contribution is 2.47. The van der Waals surface area contributed by atoms with Crippen LogP contribution in [-0.4, -0.2) is 23.3 Å². The number of aliphatic carboxylic acids is 1. The van der Waals surface area contributed by atoms with E-state index in [4.69, 9.17) is 14.4 Å². The first-order valence-corrected chi connectivity index (χ1v) is 9.87. The Balaban J connectivity index is 1.64. The van der Waals surface area contributed by atoms with Crippen molar-refractivity contribution in [3.8, 4) is 17.0 Å². The lowest BCUT2D eigenvalue weighted by atomic mass is 10.0. The average Bonchev–Trinajstić information content (AvgIpc) is 3.50.